The number of fused-ring (bicyclic) bond motifs is 1. The third kappa shape index (κ3) is 4.87. The molecule has 1 aromatic heterocycles. The van der Waals surface area contributed by atoms with Crippen LogP contribution in [0, 0.1) is 18.3 Å². The van der Waals surface area contributed by atoms with Crippen molar-refractivity contribution in [2.45, 2.75) is 18.7 Å². The van der Waals surface area contributed by atoms with Gasteiger partial charge in [0.15, 0.2) is 5.16 Å². The highest BCUT2D eigenvalue weighted by Crippen LogP contribution is 2.28. The molecule has 1 N–H and O–H groups in total. The minimum atomic E-state index is 0.529. The van der Waals surface area contributed by atoms with Gasteiger partial charge in [-0.2, -0.15) is 5.26 Å². The molecule has 0 saturated carbocycles. The van der Waals surface area contributed by atoms with E-state index >= 15 is 0 Å². The van der Waals surface area contributed by atoms with Gasteiger partial charge in [-0.3, -0.25) is 0 Å². The predicted octanol–water partition coefficient (Wildman–Crippen LogP) is 6.11. The van der Waals surface area contributed by atoms with Gasteiger partial charge < -0.3 is 9.72 Å². The smallest absolute Gasteiger partial charge is 0.171 e. The number of benzene rings is 3. The number of thioether (sulfide) groups is 1. The molecule has 0 bridgehead atoms. The molecular weight excluding hydrogens is 378 g/mol. The van der Waals surface area contributed by atoms with Crippen LogP contribution in [0.25, 0.3) is 17.1 Å². The Bertz CT molecular complexity index is 1150. The number of H-pyrrole nitrogens is 1. The van der Waals surface area contributed by atoms with E-state index in [1.54, 1.807) is 0 Å². The summed E-state index contributed by atoms with van der Waals surface area (Å²) >= 11 is 1.32. The summed E-state index contributed by atoms with van der Waals surface area (Å²) in [4.78, 5) is 8.31. The van der Waals surface area contributed by atoms with Crippen molar-refractivity contribution in [2.75, 3.05) is 0 Å². The highest BCUT2D eigenvalue weighted by Gasteiger charge is 2.06. The Kier molecular flexibility index (Phi) is 5.64. The number of ether oxygens (including phenoxy) is 1. The van der Waals surface area contributed by atoms with Crippen molar-refractivity contribution in [3.05, 3.63) is 94.4 Å². The highest BCUT2D eigenvalue weighted by molar-refractivity contribution is 8.03. The van der Waals surface area contributed by atoms with E-state index in [1.807, 2.05) is 54.6 Å². The second-order valence-electron chi connectivity index (χ2n) is 6.62. The lowest BCUT2D eigenvalue weighted by atomic mass is 10.2. The van der Waals surface area contributed by atoms with Gasteiger partial charge in [0.1, 0.15) is 18.4 Å². The van der Waals surface area contributed by atoms with Crippen LogP contribution in [0.3, 0.4) is 0 Å². The maximum absolute atomic E-state index is 9.50. The molecular formula is C24H19N3OS. The fourth-order valence-corrected chi connectivity index (χ4v) is 3.58. The van der Waals surface area contributed by atoms with Gasteiger partial charge in [0.25, 0.3) is 0 Å². The van der Waals surface area contributed by atoms with Gasteiger partial charge in [-0.15, -0.1) is 0 Å². The molecule has 4 rings (SSSR count). The summed E-state index contributed by atoms with van der Waals surface area (Å²) in [5, 5.41) is 10.2. The van der Waals surface area contributed by atoms with E-state index in [2.05, 4.69) is 47.2 Å². The van der Waals surface area contributed by atoms with Crippen LogP contribution in [-0.4, -0.2) is 9.97 Å². The topological polar surface area (TPSA) is 61.7 Å². The number of aromatic amines is 1. The fraction of sp³-hybridized carbons (Fsp3) is 0.0833. The Labute approximate surface area is 173 Å². The number of nitrogens with zero attached hydrogens (tertiary/aromatic N) is 2. The van der Waals surface area contributed by atoms with E-state index in [4.69, 9.17) is 4.74 Å². The van der Waals surface area contributed by atoms with Crippen molar-refractivity contribution >= 4 is 28.9 Å². The second-order valence-corrected chi connectivity index (χ2v) is 7.66. The number of aryl methyl sites for hydroxylation is 1. The first kappa shape index (κ1) is 18.9. The van der Waals surface area contributed by atoms with Gasteiger partial charge in [0.2, 0.25) is 0 Å². The molecule has 0 radical (unpaired) electrons. The molecule has 0 unspecified atom stereocenters. The third-order valence-corrected chi connectivity index (χ3v) is 5.20. The molecule has 1 heterocycles. The number of aromatic nitrogens is 2. The Balaban J connectivity index is 1.42. The molecule has 4 aromatic rings. The Morgan fingerprint density at radius 2 is 1.83 bits per heavy atom. The molecule has 142 valence electrons. The maximum atomic E-state index is 9.50. The molecule has 3 aromatic carbocycles. The van der Waals surface area contributed by atoms with Crippen LogP contribution in [0.5, 0.6) is 5.75 Å². The number of rotatable bonds is 6. The lowest BCUT2D eigenvalue weighted by Crippen LogP contribution is -1.95. The van der Waals surface area contributed by atoms with E-state index in [0.717, 1.165) is 27.9 Å². The van der Waals surface area contributed by atoms with Crippen molar-refractivity contribution in [2.24, 2.45) is 0 Å². The first-order chi connectivity index (χ1) is 14.2. The SMILES string of the molecule is Cc1ccc(COc2ccc(/C=C(\C#N)Sc3nc4ccccc4[nH]3)cc2)cc1. The van der Waals surface area contributed by atoms with Crippen molar-refractivity contribution < 1.29 is 4.74 Å². The van der Waals surface area contributed by atoms with Crippen LogP contribution in [0.4, 0.5) is 0 Å². The Morgan fingerprint density at radius 1 is 1.07 bits per heavy atom. The van der Waals surface area contributed by atoms with Gasteiger partial charge in [-0.1, -0.05) is 54.1 Å². The molecule has 29 heavy (non-hydrogen) atoms. The molecule has 0 spiro atoms. The number of para-hydroxylation sites is 2. The van der Waals surface area contributed by atoms with E-state index in [1.165, 1.54) is 17.3 Å². The van der Waals surface area contributed by atoms with Crippen molar-refractivity contribution in [1.29, 1.82) is 5.26 Å². The highest BCUT2D eigenvalue weighted by atomic mass is 32.2. The number of imidazole rings is 1. The monoisotopic (exact) mass is 397 g/mol. The van der Waals surface area contributed by atoms with Crippen LogP contribution in [0.15, 0.2) is 82.9 Å². The Hall–Kier alpha value is -3.49. The minimum Gasteiger partial charge on any atom is -0.489 e. The first-order valence-electron chi connectivity index (χ1n) is 9.22. The second kappa shape index (κ2) is 8.68. The van der Waals surface area contributed by atoms with Gasteiger partial charge >= 0.3 is 0 Å². The summed E-state index contributed by atoms with van der Waals surface area (Å²) in [7, 11) is 0. The molecule has 0 saturated heterocycles. The lowest BCUT2D eigenvalue weighted by molar-refractivity contribution is 0.306. The average molecular weight is 398 g/mol. The summed E-state index contributed by atoms with van der Waals surface area (Å²) in [6.45, 7) is 2.60. The van der Waals surface area contributed by atoms with Crippen LogP contribution in [0.2, 0.25) is 0 Å². The van der Waals surface area contributed by atoms with E-state index < -0.39 is 0 Å². The molecule has 0 fully saturated rings. The zero-order chi connectivity index (χ0) is 20.1. The zero-order valence-corrected chi connectivity index (χ0v) is 16.7. The molecule has 0 aliphatic heterocycles. The van der Waals surface area contributed by atoms with E-state index in [0.29, 0.717) is 16.7 Å². The zero-order valence-electron chi connectivity index (χ0n) is 15.9. The largest absolute Gasteiger partial charge is 0.489 e. The number of hydrogen-bond acceptors (Lipinski definition) is 4. The molecule has 0 aliphatic rings. The van der Waals surface area contributed by atoms with E-state index in [9.17, 15) is 5.26 Å². The van der Waals surface area contributed by atoms with E-state index in [-0.39, 0.29) is 0 Å². The molecule has 5 heteroatoms. The van der Waals surface area contributed by atoms with Crippen LogP contribution >= 0.6 is 11.8 Å². The van der Waals surface area contributed by atoms with Crippen molar-refractivity contribution in [1.82, 2.24) is 9.97 Å². The van der Waals surface area contributed by atoms with Gasteiger partial charge in [0.05, 0.1) is 15.9 Å². The normalized spacial score (nSPS) is 11.4. The fourth-order valence-electron chi connectivity index (χ4n) is 2.83. The van der Waals surface area contributed by atoms with Gasteiger partial charge in [-0.05, 0) is 60.2 Å². The molecule has 4 nitrogen and oxygen atoms in total. The first-order valence-corrected chi connectivity index (χ1v) is 10.0. The minimum absolute atomic E-state index is 0.529. The summed E-state index contributed by atoms with van der Waals surface area (Å²) in [6, 6.07) is 26.1. The predicted molar refractivity (Wildman–Crippen MR) is 117 cm³/mol. The molecule has 0 amide bonds. The standard InChI is InChI=1S/C24H19N3OS/c1-17-6-8-19(9-7-17)16-28-20-12-10-18(11-13-20)14-21(15-25)29-24-26-22-4-2-3-5-23(22)27-24/h2-14H,16H2,1H3,(H,26,27)/b21-14+. The lowest BCUT2D eigenvalue weighted by Gasteiger charge is -2.07. The summed E-state index contributed by atoms with van der Waals surface area (Å²) in [6.07, 6.45) is 1.85. The Morgan fingerprint density at radius 3 is 2.55 bits per heavy atom. The van der Waals surface area contributed by atoms with Crippen molar-refractivity contribution in [3.63, 3.8) is 0 Å². The summed E-state index contributed by atoms with van der Waals surface area (Å²) < 4.78 is 5.84. The summed E-state index contributed by atoms with van der Waals surface area (Å²) in [5.41, 5.74) is 5.16. The number of hydrogen-bond donors (Lipinski definition) is 1. The van der Waals surface area contributed by atoms with Crippen LogP contribution in [0.1, 0.15) is 16.7 Å². The van der Waals surface area contributed by atoms with Gasteiger partial charge in [0, 0.05) is 0 Å². The number of nitriles is 1. The summed E-state index contributed by atoms with van der Waals surface area (Å²) in [5.74, 6) is 0.797. The quantitative estimate of drug-likeness (QED) is 0.315. The molecule has 0 atom stereocenters. The molecule has 0 aliphatic carbocycles. The maximum Gasteiger partial charge on any atom is 0.171 e. The van der Waals surface area contributed by atoms with Gasteiger partial charge in [-0.25, -0.2) is 4.98 Å². The number of allylic oxidation sites excluding steroid dienone is 1. The number of nitrogens with one attached hydrogen (secondary N) is 1. The third-order valence-electron chi connectivity index (χ3n) is 4.39. The van der Waals surface area contributed by atoms with Crippen molar-refractivity contribution in [3.8, 4) is 11.8 Å². The average Bonchev–Trinajstić information content (AvgIpc) is 3.16. The van der Waals surface area contributed by atoms with Crippen LogP contribution < -0.4 is 4.74 Å². The van der Waals surface area contributed by atoms with Crippen LogP contribution in [-0.2, 0) is 6.61 Å².